The Balaban J connectivity index is 1.93. The highest BCUT2D eigenvalue weighted by molar-refractivity contribution is 5.93. The summed E-state index contributed by atoms with van der Waals surface area (Å²) in [5.41, 5.74) is 2.50. The van der Waals surface area contributed by atoms with Gasteiger partial charge in [-0.05, 0) is 31.5 Å². The van der Waals surface area contributed by atoms with Crippen LogP contribution in [0.25, 0.3) is 0 Å². The van der Waals surface area contributed by atoms with Crippen LogP contribution in [0.5, 0.6) is 0 Å². The number of aliphatic hydroxyl groups is 1. The van der Waals surface area contributed by atoms with Gasteiger partial charge < -0.3 is 15.7 Å². The van der Waals surface area contributed by atoms with Crippen molar-refractivity contribution >= 4 is 11.7 Å². The van der Waals surface area contributed by atoms with Crippen molar-refractivity contribution in [3.05, 3.63) is 59.3 Å². The molecule has 5 heteroatoms. The summed E-state index contributed by atoms with van der Waals surface area (Å²) >= 11 is 0. The number of aromatic nitrogens is 1. The minimum absolute atomic E-state index is 0.138. The predicted molar refractivity (Wildman–Crippen MR) is 86.9 cm³/mol. The molecule has 1 heterocycles. The van der Waals surface area contributed by atoms with E-state index in [-0.39, 0.29) is 5.91 Å². The lowest BCUT2D eigenvalue weighted by atomic mass is 10.1. The van der Waals surface area contributed by atoms with Gasteiger partial charge >= 0.3 is 0 Å². The van der Waals surface area contributed by atoms with Crippen LogP contribution in [-0.4, -0.2) is 29.1 Å². The number of aliphatic hydroxyl groups excluding tert-OH is 1. The van der Waals surface area contributed by atoms with E-state index in [1.54, 1.807) is 12.1 Å². The van der Waals surface area contributed by atoms with Crippen LogP contribution in [-0.2, 0) is 0 Å². The second kappa shape index (κ2) is 7.56. The van der Waals surface area contributed by atoms with Gasteiger partial charge in [0.1, 0.15) is 5.82 Å². The van der Waals surface area contributed by atoms with Crippen molar-refractivity contribution in [3.63, 3.8) is 0 Å². The number of benzene rings is 1. The van der Waals surface area contributed by atoms with Crippen LogP contribution in [0.1, 0.15) is 34.5 Å². The number of carbonyl (C=O) groups excluding carboxylic acids is 1. The van der Waals surface area contributed by atoms with Gasteiger partial charge in [-0.25, -0.2) is 4.98 Å². The maximum absolute atomic E-state index is 11.6. The molecule has 0 saturated carbocycles. The molecule has 0 aliphatic heterocycles. The third-order valence-electron chi connectivity index (χ3n) is 3.27. The first-order chi connectivity index (χ1) is 10.6. The first kappa shape index (κ1) is 16.0. The van der Waals surface area contributed by atoms with Crippen molar-refractivity contribution in [2.24, 2.45) is 0 Å². The molecule has 0 saturated heterocycles. The van der Waals surface area contributed by atoms with Gasteiger partial charge in [-0.15, -0.1) is 0 Å². The predicted octanol–water partition coefficient (Wildman–Crippen LogP) is 2.29. The number of hydrogen-bond acceptors (Lipinski definition) is 4. The molecule has 116 valence electrons. The second-order valence-electron chi connectivity index (χ2n) is 5.10. The molecular weight excluding hydrogens is 278 g/mol. The molecule has 1 unspecified atom stereocenters. The lowest BCUT2D eigenvalue weighted by Crippen LogP contribution is -2.22. The zero-order valence-electron chi connectivity index (χ0n) is 12.8. The number of carbonyl (C=O) groups is 1. The Morgan fingerprint density at radius 3 is 2.77 bits per heavy atom. The van der Waals surface area contributed by atoms with Crippen LogP contribution in [0.3, 0.4) is 0 Å². The summed E-state index contributed by atoms with van der Waals surface area (Å²) in [6, 6.07) is 11.2. The topological polar surface area (TPSA) is 74.2 Å². The summed E-state index contributed by atoms with van der Waals surface area (Å²) in [5, 5.41) is 16.0. The lowest BCUT2D eigenvalue weighted by Gasteiger charge is -2.13. The van der Waals surface area contributed by atoms with E-state index in [0.29, 0.717) is 24.5 Å². The van der Waals surface area contributed by atoms with Gasteiger partial charge in [-0.2, -0.15) is 0 Å². The zero-order valence-corrected chi connectivity index (χ0v) is 12.8. The molecule has 1 amide bonds. The van der Waals surface area contributed by atoms with Crippen molar-refractivity contribution in [1.29, 1.82) is 0 Å². The van der Waals surface area contributed by atoms with Crippen molar-refractivity contribution in [1.82, 2.24) is 10.3 Å². The van der Waals surface area contributed by atoms with E-state index in [9.17, 15) is 9.90 Å². The van der Waals surface area contributed by atoms with E-state index in [1.807, 2.05) is 38.1 Å². The smallest absolute Gasteiger partial charge is 0.252 e. The van der Waals surface area contributed by atoms with Gasteiger partial charge in [0.05, 0.1) is 11.7 Å². The molecule has 0 bridgehead atoms. The lowest BCUT2D eigenvalue weighted by molar-refractivity contribution is 0.0955. The van der Waals surface area contributed by atoms with Gasteiger partial charge in [0.25, 0.3) is 5.91 Å². The van der Waals surface area contributed by atoms with Crippen LogP contribution >= 0.6 is 0 Å². The van der Waals surface area contributed by atoms with Crippen LogP contribution < -0.4 is 10.6 Å². The van der Waals surface area contributed by atoms with Gasteiger partial charge in [-0.1, -0.05) is 29.8 Å². The van der Waals surface area contributed by atoms with Crippen LogP contribution in [0.4, 0.5) is 5.82 Å². The van der Waals surface area contributed by atoms with E-state index < -0.39 is 6.10 Å². The molecule has 22 heavy (non-hydrogen) atoms. The summed E-state index contributed by atoms with van der Waals surface area (Å²) in [7, 11) is 0. The Labute approximate surface area is 130 Å². The quantitative estimate of drug-likeness (QED) is 0.765. The zero-order chi connectivity index (χ0) is 15.9. The fourth-order valence-electron chi connectivity index (χ4n) is 2.09. The maximum Gasteiger partial charge on any atom is 0.252 e. The second-order valence-corrected chi connectivity index (χ2v) is 5.10. The molecule has 1 aromatic heterocycles. The Kier molecular flexibility index (Phi) is 5.49. The van der Waals surface area contributed by atoms with Crippen molar-refractivity contribution in [2.45, 2.75) is 20.0 Å². The number of nitrogens with one attached hydrogen (secondary N) is 2. The Hall–Kier alpha value is -2.40. The molecular formula is C17H21N3O2. The standard InChI is InChI=1S/C17H21N3O2/c1-3-18-17(22)14-7-8-16(19-10-14)20-11-15(21)13-6-4-5-12(2)9-13/h4-10,15,21H,3,11H2,1-2H3,(H,18,22)(H,19,20). The Morgan fingerprint density at radius 2 is 2.14 bits per heavy atom. The molecule has 0 aliphatic carbocycles. The number of amides is 1. The Bertz CT molecular complexity index is 626. The summed E-state index contributed by atoms with van der Waals surface area (Å²) in [6.07, 6.45) is 0.914. The first-order valence-corrected chi connectivity index (χ1v) is 7.33. The van der Waals surface area contributed by atoms with Crippen molar-refractivity contribution < 1.29 is 9.90 Å². The van der Waals surface area contributed by atoms with Gasteiger partial charge in [-0.3, -0.25) is 4.79 Å². The first-order valence-electron chi connectivity index (χ1n) is 7.33. The van der Waals surface area contributed by atoms with Crippen molar-refractivity contribution in [2.75, 3.05) is 18.4 Å². The fourth-order valence-corrected chi connectivity index (χ4v) is 2.09. The summed E-state index contributed by atoms with van der Waals surface area (Å²) in [6.45, 7) is 4.80. The Morgan fingerprint density at radius 1 is 1.32 bits per heavy atom. The summed E-state index contributed by atoms with van der Waals surface area (Å²) in [4.78, 5) is 15.8. The molecule has 0 spiro atoms. The van der Waals surface area contributed by atoms with E-state index in [0.717, 1.165) is 11.1 Å². The number of pyridine rings is 1. The SMILES string of the molecule is CCNC(=O)c1ccc(NCC(O)c2cccc(C)c2)nc1. The molecule has 5 nitrogen and oxygen atoms in total. The van der Waals surface area contributed by atoms with E-state index in [4.69, 9.17) is 0 Å². The highest BCUT2D eigenvalue weighted by Crippen LogP contribution is 2.15. The highest BCUT2D eigenvalue weighted by atomic mass is 16.3. The molecule has 1 aromatic carbocycles. The molecule has 0 aliphatic rings. The average molecular weight is 299 g/mol. The minimum Gasteiger partial charge on any atom is -0.387 e. The molecule has 0 radical (unpaired) electrons. The van der Waals surface area contributed by atoms with Crippen molar-refractivity contribution in [3.8, 4) is 0 Å². The minimum atomic E-state index is -0.607. The van der Waals surface area contributed by atoms with Crippen LogP contribution in [0.15, 0.2) is 42.6 Å². The van der Waals surface area contributed by atoms with Gasteiger partial charge in [0.2, 0.25) is 0 Å². The van der Waals surface area contributed by atoms with Crippen LogP contribution in [0.2, 0.25) is 0 Å². The molecule has 3 N–H and O–H groups in total. The number of rotatable bonds is 6. The molecule has 1 atom stereocenters. The number of aryl methyl sites for hydroxylation is 1. The molecule has 2 rings (SSSR count). The summed E-state index contributed by atoms with van der Waals surface area (Å²) < 4.78 is 0. The van der Waals surface area contributed by atoms with Gasteiger partial charge in [0, 0.05) is 19.3 Å². The van der Waals surface area contributed by atoms with E-state index in [2.05, 4.69) is 15.6 Å². The third-order valence-corrected chi connectivity index (χ3v) is 3.27. The monoisotopic (exact) mass is 299 g/mol. The molecule has 2 aromatic rings. The number of hydrogen-bond donors (Lipinski definition) is 3. The third kappa shape index (κ3) is 4.30. The largest absolute Gasteiger partial charge is 0.387 e. The number of anilines is 1. The molecule has 0 fully saturated rings. The van der Waals surface area contributed by atoms with E-state index >= 15 is 0 Å². The number of nitrogens with zero attached hydrogens (tertiary/aromatic N) is 1. The fraction of sp³-hybridized carbons (Fsp3) is 0.294. The normalized spacial score (nSPS) is 11.8. The van der Waals surface area contributed by atoms with Gasteiger partial charge in [0.15, 0.2) is 0 Å². The van der Waals surface area contributed by atoms with E-state index in [1.165, 1.54) is 6.20 Å². The van der Waals surface area contributed by atoms with Crippen LogP contribution in [0, 0.1) is 6.92 Å². The summed E-state index contributed by atoms with van der Waals surface area (Å²) in [5.74, 6) is 0.487. The maximum atomic E-state index is 11.6. The highest BCUT2D eigenvalue weighted by Gasteiger charge is 2.08. The average Bonchev–Trinajstić information content (AvgIpc) is 2.53.